The molecular formula is C15H21BrN2O3. The van der Waals surface area contributed by atoms with Crippen molar-refractivity contribution in [2.45, 2.75) is 45.4 Å². The molecule has 21 heavy (non-hydrogen) atoms. The molecule has 6 heteroatoms. The first-order chi connectivity index (χ1) is 10.1. The molecule has 1 heterocycles. The van der Waals surface area contributed by atoms with Gasteiger partial charge in [0, 0.05) is 17.7 Å². The molecule has 0 bridgehead atoms. The van der Waals surface area contributed by atoms with Gasteiger partial charge in [-0.3, -0.25) is 0 Å². The lowest BCUT2D eigenvalue weighted by atomic mass is 9.83. The highest BCUT2D eigenvalue weighted by molar-refractivity contribution is 9.09. The van der Waals surface area contributed by atoms with E-state index in [0.717, 1.165) is 18.2 Å². The molecule has 0 atom stereocenters. The molecule has 5 nitrogen and oxygen atoms in total. The number of rotatable bonds is 5. The van der Waals surface area contributed by atoms with Gasteiger partial charge in [-0.15, -0.1) is 0 Å². The second-order valence-electron chi connectivity index (χ2n) is 5.87. The molecule has 0 saturated heterocycles. The zero-order chi connectivity index (χ0) is 15.3. The molecule has 1 aliphatic rings. The summed E-state index contributed by atoms with van der Waals surface area (Å²) in [6.07, 6.45) is 7.13. The van der Waals surface area contributed by atoms with Gasteiger partial charge in [0.2, 0.25) is 5.75 Å². The Kier molecular flexibility index (Phi) is 5.56. The molecule has 1 aromatic heterocycles. The van der Waals surface area contributed by atoms with Crippen molar-refractivity contribution in [2.75, 3.05) is 11.9 Å². The fourth-order valence-corrected chi connectivity index (χ4v) is 3.52. The SMILES string of the molecule is Cc1ccc(OCC2(CBr)CCCCCC2)c([N+](=O)[O-])n1. The van der Waals surface area contributed by atoms with Crippen molar-refractivity contribution in [3.8, 4) is 5.75 Å². The van der Waals surface area contributed by atoms with Crippen LogP contribution in [0.3, 0.4) is 0 Å². The summed E-state index contributed by atoms with van der Waals surface area (Å²) < 4.78 is 5.81. The predicted molar refractivity (Wildman–Crippen MR) is 85.1 cm³/mol. The smallest absolute Gasteiger partial charge is 0.406 e. The van der Waals surface area contributed by atoms with Crippen LogP contribution in [0.5, 0.6) is 5.75 Å². The number of ether oxygens (including phenoxy) is 1. The third-order valence-corrected chi connectivity index (χ3v) is 5.32. The van der Waals surface area contributed by atoms with Gasteiger partial charge in [0.05, 0.1) is 6.61 Å². The lowest BCUT2D eigenvalue weighted by molar-refractivity contribution is -0.390. The number of nitro groups is 1. The van der Waals surface area contributed by atoms with Crippen LogP contribution in [0.2, 0.25) is 0 Å². The second kappa shape index (κ2) is 7.20. The molecule has 0 aliphatic heterocycles. The van der Waals surface area contributed by atoms with Crippen LogP contribution in [-0.4, -0.2) is 21.8 Å². The average Bonchev–Trinajstić information content (AvgIpc) is 2.72. The monoisotopic (exact) mass is 356 g/mol. The molecule has 116 valence electrons. The van der Waals surface area contributed by atoms with Crippen LogP contribution in [0.15, 0.2) is 12.1 Å². The molecule has 0 spiro atoms. The molecule has 0 N–H and O–H groups in total. The van der Waals surface area contributed by atoms with Crippen LogP contribution in [0.25, 0.3) is 0 Å². The van der Waals surface area contributed by atoms with Crippen LogP contribution < -0.4 is 4.74 Å². The summed E-state index contributed by atoms with van der Waals surface area (Å²) in [7, 11) is 0. The maximum absolute atomic E-state index is 11.1. The zero-order valence-corrected chi connectivity index (χ0v) is 13.9. The van der Waals surface area contributed by atoms with Crippen LogP contribution >= 0.6 is 15.9 Å². The summed E-state index contributed by atoms with van der Waals surface area (Å²) in [4.78, 5) is 14.6. The van der Waals surface area contributed by atoms with Gasteiger partial charge in [-0.2, -0.15) is 0 Å². The van der Waals surface area contributed by atoms with Gasteiger partial charge in [-0.25, -0.2) is 0 Å². The van der Waals surface area contributed by atoms with E-state index in [0.29, 0.717) is 12.3 Å². The number of nitrogens with zero attached hydrogens (tertiary/aromatic N) is 2. The standard InChI is InChI=1S/C15H21BrN2O3/c1-12-6-7-13(14(17-12)18(19)20)21-11-15(10-16)8-4-2-3-5-9-15/h6-7H,2-5,8-11H2,1H3. The van der Waals surface area contributed by atoms with Gasteiger partial charge in [0.1, 0.15) is 5.69 Å². The summed E-state index contributed by atoms with van der Waals surface area (Å²) in [5, 5.41) is 12.0. The Morgan fingerprint density at radius 3 is 2.57 bits per heavy atom. The molecule has 0 aromatic carbocycles. The maximum Gasteiger partial charge on any atom is 0.406 e. The molecule has 1 saturated carbocycles. The maximum atomic E-state index is 11.1. The Hall–Kier alpha value is -1.17. The molecule has 0 amide bonds. The third kappa shape index (κ3) is 4.15. The second-order valence-corrected chi connectivity index (χ2v) is 6.43. The van der Waals surface area contributed by atoms with Crippen molar-refractivity contribution in [2.24, 2.45) is 5.41 Å². The summed E-state index contributed by atoms with van der Waals surface area (Å²) in [5.41, 5.74) is 0.702. The van der Waals surface area contributed by atoms with Gasteiger partial charge >= 0.3 is 5.82 Å². The molecule has 1 aromatic rings. The highest BCUT2D eigenvalue weighted by atomic mass is 79.9. The van der Waals surface area contributed by atoms with Crippen LogP contribution in [-0.2, 0) is 0 Å². The topological polar surface area (TPSA) is 65.3 Å². The Labute approximate surface area is 133 Å². The van der Waals surface area contributed by atoms with Gasteiger partial charge < -0.3 is 14.9 Å². The largest absolute Gasteiger partial charge is 0.485 e. The van der Waals surface area contributed by atoms with E-state index >= 15 is 0 Å². The fourth-order valence-electron chi connectivity index (χ4n) is 2.80. The molecule has 2 rings (SSSR count). The summed E-state index contributed by atoms with van der Waals surface area (Å²) >= 11 is 3.61. The van der Waals surface area contributed by atoms with E-state index in [-0.39, 0.29) is 17.0 Å². The van der Waals surface area contributed by atoms with Crippen molar-refractivity contribution in [3.63, 3.8) is 0 Å². The van der Waals surface area contributed by atoms with E-state index in [9.17, 15) is 10.1 Å². The van der Waals surface area contributed by atoms with E-state index in [2.05, 4.69) is 20.9 Å². The van der Waals surface area contributed by atoms with E-state index < -0.39 is 4.92 Å². The normalized spacial score (nSPS) is 18.0. The number of pyridine rings is 1. The van der Waals surface area contributed by atoms with E-state index in [1.807, 2.05) is 0 Å². The average molecular weight is 357 g/mol. The van der Waals surface area contributed by atoms with Crippen LogP contribution in [0.1, 0.15) is 44.2 Å². The summed E-state index contributed by atoms with van der Waals surface area (Å²) in [6.45, 7) is 2.24. The number of halogens is 1. The molecule has 0 unspecified atom stereocenters. The lowest BCUT2D eigenvalue weighted by Crippen LogP contribution is -2.30. The first kappa shape index (κ1) is 16.2. The summed E-state index contributed by atoms with van der Waals surface area (Å²) in [5.74, 6) is 0.0866. The molecule has 1 aliphatic carbocycles. The highest BCUT2D eigenvalue weighted by Crippen LogP contribution is 2.38. The Bertz CT molecular complexity index is 500. The van der Waals surface area contributed by atoms with E-state index in [1.54, 1.807) is 19.1 Å². The number of alkyl halides is 1. The summed E-state index contributed by atoms with van der Waals surface area (Å²) in [6, 6.07) is 3.40. The Morgan fingerprint density at radius 1 is 1.33 bits per heavy atom. The fraction of sp³-hybridized carbons (Fsp3) is 0.667. The van der Waals surface area contributed by atoms with Crippen molar-refractivity contribution in [1.82, 2.24) is 4.98 Å². The van der Waals surface area contributed by atoms with Crippen molar-refractivity contribution in [3.05, 3.63) is 27.9 Å². The van der Waals surface area contributed by atoms with E-state index in [4.69, 9.17) is 4.74 Å². The predicted octanol–water partition coefficient (Wildman–Crippen LogP) is 4.41. The minimum Gasteiger partial charge on any atom is -0.485 e. The third-order valence-electron chi connectivity index (χ3n) is 4.13. The zero-order valence-electron chi connectivity index (χ0n) is 12.3. The molecule has 0 radical (unpaired) electrons. The lowest BCUT2D eigenvalue weighted by Gasteiger charge is -2.30. The number of hydrogen-bond donors (Lipinski definition) is 0. The van der Waals surface area contributed by atoms with Crippen molar-refractivity contribution >= 4 is 21.7 Å². The van der Waals surface area contributed by atoms with Crippen molar-refractivity contribution in [1.29, 1.82) is 0 Å². The van der Waals surface area contributed by atoms with Crippen molar-refractivity contribution < 1.29 is 9.66 Å². The Morgan fingerprint density at radius 2 is 2.00 bits per heavy atom. The first-order valence-electron chi connectivity index (χ1n) is 7.37. The Balaban J connectivity index is 2.12. The van der Waals surface area contributed by atoms with Crippen LogP contribution in [0, 0.1) is 22.5 Å². The number of aryl methyl sites for hydroxylation is 1. The molecule has 1 fully saturated rings. The molecular weight excluding hydrogens is 336 g/mol. The van der Waals surface area contributed by atoms with Crippen LogP contribution in [0.4, 0.5) is 5.82 Å². The van der Waals surface area contributed by atoms with Gasteiger partial charge in [-0.05, 0) is 34.9 Å². The van der Waals surface area contributed by atoms with Gasteiger partial charge in [0.15, 0.2) is 0 Å². The minimum absolute atomic E-state index is 0.0786. The highest BCUT2D eigenvalue weighted by Gasteiger charge is 2.32. The number of aromatic nitrogens is 1. The minimum atomic E-state index is -0.476. The number of hydrogen-bond acceptors (Lipinski definition) is 4. The van der Waals surface area contributed by atoms with E-state index in [1.165, 1.54) is 25.7 Å². The van der Waals surface area contributed by atoms with Gasteiger partial charge in [-0.1, -0.05) is 41.6 Å². The quantitative estimate of drug-likeness (QED) is 0.339. The first-order valence-corrected chi connectivity index (χ1v) is 8.49. The van der Waals surface area contributed by atoms with Gasteiger partial charge in [0.25, 0.3) is 0 Å².